The molecule has 0 radical (unpaired) electrons. The summed E-state index contributed by atoms with van der Waals surface area (Å²) in [5, 5.41) is 3.52. The Bertz CT molecular complexity index is 573. The first-order chi connectivity index (χ1) is 9.79. The zero-order valence-electron chi connectivity index (χ0n) is 12.6. The highest BCUT2D eigenvalue weighted by atomic mass is 15.1. The van der Waals surface area contributed by atoms with Crippen molar-refractivity contribution >= 4 is 11.0 Å². The van der Waals surface area contributed by atoms with Gasteiger partial charge in [0.25, 0.3) is 0 Å². The van der Waals surface area contributed by atoms with Crippen molar-refractivity contribution in [2.24, 2.45) is 18.9 Å². The molecule has 3 nitrogen and oxygen atoms in total. The number of hydrogen-bond donors (Lipinski definition) is 1. The van der Waals surface area contributed by atoms with Gasteiger partial charge in [-0.1, -0.05) is 25.5 Å². The van der Waals surface area contributed by atoms with Gasteiger partial charge in [-0.2, -0.15) is 0 Å². The summed E-state index contributed by atoms with van der Waals surface area (Å²) >= 11 is 0. The number of benzene rings is 1. The van der Waals surface area contributed by atoms with Gasteiger partial charge in [-0.05, 0) is 49.9 Å². The second-order valence-electron chi connectivity index (χ2n) is 6.04. The van der Waals surface area contributed by atoms with E-state index in [1.807, 2.05) is 0 Å². The van der Waals surface area contributed by atoms with E-state index in [9.17, 15) is 0 Å². The number of imidazole rings is 1. The second kappa shape index (κ2) is 5.96. The quantitative estimate of drug-likeness (QED) is 0.905. The Morgan fingerprint density at radius 3 is 2.85 bits per heavy atom. The van der Waals surface area contributed by atoms with Crippen LogP contribution in [0.2, 0.25) is 0 Å². The van der Waals surface area contributed by atoms with Crippen LogP contribution in [0.4, 0.5) is 0 Å². The minimum Gasteiger partial charge on any atom is -0.331 e. The van der Waals surface area contributed by atoms with Gasteiger partial charge >= 0.3 is 0 Å². The van der Waals surface area contributed by atoms with Crippen LogP contribution in [-0.2, 0) is 13.5 Å². The molecule has 1 aliphatic rings. The molecule has 0 amide bonds. The summed E-state index contributed by atoms with van der Waals surface area (Å²) in [5.41, 5.74) is 2.38. The Balaban J connectivity index is 1.77. The molecule has 20 heavy (non-hydrogen) atoms. The fraction of sp³-hybridized carbons (Fsp3) is 0.588. The highest BCUT2D eigenvalue weighted by molar-refractivity contribution is 5.75. The van der Waals surface area contributed by atoms with Gasteiger partial charge < -0.3 is 9.88 Å². The topological polar surface area (TPSA) is 29.9 Å². The van der Waals surface area contributed by atoms with Gasteiger partial charge in [-0.25, -0.2) is 4.98 Å². The van der Waals surface area contributed by atoms with E-state index in [2.05, 4.69) is 48.1 Å². The van der Waals surface area contributed by atoms with Crippen molar-refractivity contribution in [3.8, 4) is 0 Å². The Labute approximate surface area is 121 Å². The minimum absolute atomic E-state index is 0.796. The van der Waals surface area contributed by atoms with Crippen molar-refractivity contribution in [1.82, 2.24) is 14.9 Å². The van der Waals surface area contributed by atoms with Gasteiger partial charge in [0.15, 0.2) is 0 Å². The molecule has 2 atom stereocenters. The van der Waals surface area contributed by atoms with Crippen molar-refractivity contribution in [3.05, 3.63) is 30.1 Å². The molecule has 0 aliphatic heterocycles. The van der Waals surface area contributed by atoms with Gasteiger partial charge in [0.1, 0.15) is 5.82 Å². The molecule has 1 fully saturated rings. The van der Waals surface area contributed by atoms with Crippen LogP contribution in [0.1, 0.15) is 32.0 Å². The number of aryl methyl sites for hydroxylation is 1. The summed E-state index contributed by atoms with van der Waals surface area (Å²) in [4.78, 5) is 4.83. The number of fused-ring (bicyclic) bond motifs is 1. The predicted molar refractivity (Wildman–Crippen MR) is 83.8 cm³/mol. The van der Waals surface area contributed by atoms with Crippen molar-refractivity contribution in [1.29, 1.82) is 0 Å². The molecule has 3 rings (SSSR count). The van der Waals surface area contributed by atoms with Crippen molar-refractivity contribution < 1.29 is 0 Å². The lowest BCUT2D eigenvalue weighted by atomic mass is 9.92. The molecule has 3 heteroatoms. The van der Waals surface area contributed by atoms with Crippen molar-refractivity contribution in [2.45, 2.75) is 32.6 Å². The molecule has 108 valence electrons. The summed E-state index contributed by atoms with van der Waals surface area (Å²) in [6.45, 7) is 4.44. The number of nitrogens with one attached hydrogen (secondary N) is 1. The molecule has 2 aromatic rings. The molecule has 0 bridgehead atoms. The lowest BCUT2D eigenvalue weighted by molar-refractivity contribution is 0.361. The minimum atomic E-state index is 0.796. The van der Waals surface area contributed by atoms with E-state index in [1.54, 1.807) is 0 Å². The molecule has 1 aromatic heterocycles. The average molecular weight is 271 g/mol. The summed E-state index contributed by atoms with van der Waals surface area (Å²) in [6, 6.07) is 8.44. The molecule has 1 aliphatic carbocycles. The maximum atomic E-state index is 4.83. The highest BCUT2D eigenvalue weighted by Crippen LogP contribution is 2.34. The number of hydrogen-bond acceptors (Lipinski definition) is 2. The average Bonchev–Trinajstić information content (AvgIpc) is 3.03. The summed E-state index contributed by atoms with van der Waals surface area (Å²) < 4.78 is 2.28. The standard InChI is InChI=1S/C17H25N3/c1-3-18-12-14-8-6-7-13(14)11-17-19-15-9-4-5-10-16(15)20(17)2/h4-5,9-10,13-14,18H,3,6-8,11-12H2,1-2H3. The van der Waals surface area contributed by atoms with Crippen LogP contribution >= 0.6 is 0 Å². The van der Waals surface area contributed by atoms with Crippen LogP contribution in [0.25, 0.3) is 11.0 Å². The highest BCUT2D eigenvalue weighted by Gasteiger charge is 2.28. The van der Waals surface area contributed by atoms with E-state index in [0.717, 1.165) is 30.3 Å². The Morgan fingerprint density at radius 1 is 1.25 bits per heavy atom. The smallest absolute Gasteiger partial charge is 0.109 e. The van der Waals surface area contributed by atoms with Gasteiger partial charge in [0.05, 0.1) is 11.0 Å². The van der Waals surface area contributed by atoms with Crippen molar-refractivity contribution in [2.75, 3.05) is 13.1 Å². The Kier molecular flexibility index (Phi) is 4.06. The number of para-hydroxylation sites is 2. The van der Waals surface area contributed by atoms with E-state index in [4.69, 9.17) is 4.98 Å². The van der Waals surface area contributed by atoms with E-state index in [-0.39, 0.29) is 0 Å². The predicted octanol–water partition coefficient (Wildman–Crippen LogP) is 3.14. The van der Waals surface area contributed by atoms with Crippen LogP contribution in [-0.4, -0.2) is 22.6 Å². The Hall–Kier alpha value is -1.35. The van der Waals surface area contributed by atoms with Crippen LogP contribution in [0, 0.1) is 11.8 Å². The molecule has 1 heterocycles. The van der Waals surface area contributed by atoms with E-state index < -0.39 is 0 Å². The van der Waals surface area contributed by atoms with Gasteiger partial charge in [0.2, 0.25) is 0 Å². The maximum Gasteiger partial charge on any atom is 0.109 e. The normalized spacial score (nSPS) is 22.7. The zero-order valence-corrected chi connectivity index (χ0v) is 12.6. The molecular weight excluding hydrogens is 246 g/mol. The van der Waals surface area contributed by atoms with Crippen molar-refractivity contribution in [3.63, 3.8) is 0 Å². The van der Waals surface area contributed by atoms with Gasteiger partial charge in [-0.15, -0.1) is 0 Å². The van der Waals surface area contributed by atoms with E-state index in [0.29, 0.717) is 0 Å². The SMILES string of the molecule is CCNCC1CCCC1Cc1nc2ccccc2n1C. The lowest BCUT2D eigenvalue weighted by Gasteiger charge is -2.19. The number of aromatic nitrogens is 2. The van der Waals surface area contributed by atoms with Crippen LogP contribution < -0.4 is 5.32 Å². The summed E-state index contributed by atoms with van der Waals surface area (Å²) in [7, 11) is 2.15. The molecule has 0 saturated heterocycles. The van der Waals surface area contributed by atoms with Gasteiger partial charge in [-0.3, -0.25) is 0 Å². The number of rotatable bonds is 5. The van der Waals surface area contributed by atoms with Crippen LogP contribution in [0.15, 0.2) is 24.3 Å². The van der Waals surface area contributed by atoms with Gasteiger partial charge in [0, 0.05) is 13.5 Å². The maximum absolute atomic E-state index is 4.83. The first-order valence-electron chi connectivity index (χ1n) is 7.90. The molecule has 1 N–H and O–H groups in total. The van der Waals surface area contributed by atoms with E-state index >= 15 is 0 Å². The largest absolute Gasteiger partial charge is 0.331 e. The molecule has 1 aromatic carbocycles. The van der Waals surface area contributed by atoms with Crippen LogP contribution in [0.5, 0.6) is 0 Å². The third-order valence-electron chi connectivity index (χ3n) is 4.80. The number of nitrogens with zero attached hydrogens (tertiary/aromatic N) is 2. The molecule has 1 saturated carbocycles. The fourth-order valence-electron chi connectivity index (χ4n) is 3.59. The fourth-order valence-corrected chi connectivity index (χ4v) is 3.59. The first kappa shape index (κ1) is 13.6. The molecule has 2 unspecified atom stereocenters. The molecule has 0 spiro atoms. The third kappa shape index (κ3) is 2.59. The second-order valence-corrected chi connectivity index (χ2v) is 6.04. The van der Waals surface area contributed by atoms with Crippen LogP contribution in [0.3, 0.4) is 0 Å². The summed E-state index contributed by atoms with van der Waals surface area (Å²) in [6.07, 6.45) is 5.24. The zero-order chi connectivity index (χ0) is 13.9. The monoisotopic (exact) mass is 271 g/mol. The molecular formula is C17H25N3. The third-order valence-corrected chi connectivity index (χ3v) is 4.80. The van der Waals surface area contributed by atoms with E-state index in [1.165, 1.54) is 37.1 Å². The summed E-state index contributed by atoms with van der Waals surface area (Å²) in [5.74, 6) is 2.87. The lowest BCUT2D eigenvalue weighted by Crippen LogP contribution is -2.26. The first-order valence-corrected chi connectivity index (χ1v) is 7.90. The Morgan fingerprint density at radius 2 is 2.05 bits per heavy atom.